The van der Waals surface area contributed by atoms with Crippen molar-refractivity contribution in [3.63, 3.8) is 0 Å². The molecule has 0 aromatic heterocycles. The molecule has 3 nitrogen and oxygen atoms in total. The van der Waals surface area contributed by atoms with Crippen molar-refractivity contribution in [2.75, 3.05) is 11.5 Å². The fraction of sp³-hybridized carbons (Fsp3) is 0.250. The van der Waals surface area contributed by atoms with E-state index in [2.05, 4.69) is 0 Å². The molecule has 0 fully saturated rings. The molecular weight excluding hydrogens is 185 g/mol. The van der Waals surface area contributed by atoms with Gasteiger partial charge in [0.2, 0.25) is 0 Å². The monoisotopic (exact) mass is 197 g/mol. The molecule has 0 saturated carbocycles. The summed E-state index contributed by atoms with van der Waals surface area (Å²) in [5.41, 5.74) is 6.85. The maximum Gasteiger partial charge on any atom is 0.488 e. The molecule has 0 saturated heterocycles. The maximum absolute atomic E-state index is 8.91. The molecule has 70 valence electrons. The lowest BCUT2D eigenvalue weighted by molar-refractivity contribution is 0.425. The van der Waals surface area contributed by atoms with E-state index in [-0.39, 0.29) is 0 Å². The average Bonchev–Trinajstić information content (AvgIpc) is 2.08. The number of nitrogen functional groups attached to an aromatic ring is 1. The van der Waals surface area contributed by atoms with Gasteiger partial charge in [0.1, 0.15) is 0 Å². The smallest absolute Gasteiger partial charge is 0.423 e. The van der Waals surface area contributed by atoms with Gasteiger partial charge in [-0.3, -0.25) is 0 Å². The molecule has 0 atom stereocenters. The van der Waals surface area contributed by atoms with Gasteiger partial charge in [-0.1, -0.05) is 13.0 Å². The zero-order chi connectivity index (χ0) is 9.84. The molecule has 4 N–H and O–H groups in total. The van der Waals surface area contributed by atoms with Gasteiger partial charge in [0.05, 0.1) is 0 Å². The van der Waals surface area contributed by atoms with Crippen molar-refractivity contribution in [1.82, 2.24) is 0 Å². The number of thioether (sulfide) groups is 1. The fourth-order valence-corrected chi connectivity index (χ4v) is 1.76. The van der Waals surface area contributed by atoms with Crippen molar-refractivity contribution in [3.8, 4) is 0 Å². The second kappa shape index (κ2) is 4.55. The van der Waals surface area contributed by atoms with Crippen LogP contribution >= 0.6 is 11.8 Å². The summed E-state index contributed by atoms with van der Waals surface area (Å²) in [6, 6.07) is 5.00. The first-order chi connectivity index (χ1) is 6.15. The van der Waals surface area contributed by atoms with E-state index in [4.69, 9.17) is 15.8 Å². The minimum absolute atomic E-state index is 0.477. The highest BCUT2D eigenvalue weighted by molar-refractivity contribution is 7.99. The predicted molar refractivity (Wildman–Crippen MR) is 57.1 cm³/mol. The Labute approximate surface area is 82.1 Å². The van der Waals surface area contributed by atoms with Crippen LogP contribution in [0.1, 0.15) is 6.92 Å². The van der Waals surface area contributed by atoms with Crippen LogP contribution in [0.4, 0.5) is 5.69 Å². The highest BCUT2D eigenvalue weighted by atomic mass is 32.2. The van der Waals surface area contributed by atoms with E-state index in [0.29, 0.717) is 11.2 Å². The molecule has 0 unspecified atom stereocenters. The molecule has 0 spiro atoms. The maximum atomic E-state index is 8.91. The number of nitrogens with two attached hydrogens (primary N) is 1. The lowest BCUT2D eigenvalue weighted by Crippen LogP contribution is -2.29. The quantitative estimate of drug-likeness (QED) is 0.364. The van der Waals surface area contributed by atoms with Crippen molar-refractivity contribution in [3.05, 3.63) is 18.2 Å². The first kappa shape index (κ1) is 10.4. The Kier molecular flexibility index (Phi) is 3.65. The van der Waals surface area contributed by atoms with Crippen LogP contribution < -0.4 is 11.2 Å². The Balaban J connectivity index is 2.97. The zero-order valence-electron chi connectivity index (χ0n) is 7.40. The standard InChI is InChI=1S/C8H12BNO2S/c1-2-13-8-5-6(9(11)12)3-4-7(8)10/h3-5,11-12H,2,10H2,1H3. The molecule has 0 aliphatic carbocycles. The van der Waals surface area contributed by atoms with Crippen LogP contribution in [-0.4, -0.2) is 22.9 Å². The van der Waals surface area contributed by atoms with E-state index in [1.807, 2.05) is 6.92 Å². The van der Waals surface area contributed by atoms with Gasteiger partial charge in [-0.25, -0.2) is 0 Å². The molecule has 1 aromatic carbocycles. The molecule has 1 aromatic rings. The van der Waals surface area contributed by atoms with Gasteiger partial charge >= 0.3 is 7.12 Å². The third kappa shape index (κ3) is 2.65. The fourth-order valence-electron chi connectivity index (χ4n) is 0.992. The lowest BCUT2D eigenvalue weighted by Gasteiger charge is -2.06. The van der Waals surface area contributed by atoms with E-state index in [1.165, 1.54) is 0 Å². The Hall–Kier alpha value is -0.645. The van der Waals surface area contributed by atoms with Crippen LogP contribution in [0.15, 0.2) is 23.1 Å². The third-order valence-electron chi connectivity index (χ3n) is 1.64. The molecule has 5 heteroatoms. The number of benzene rings is 1. The van der Waals surface area contributed by atoms with Gasteiger partial charge in [0, 0.05) is 10.6 Å². The van der Waals surface area contributed by atoms with Gasteiger partial charge in [-0.15, -0.1) is 11.8 Å². The predicted octanol–water partition coefficient (Wildman–Crippen LogP) is 0.0606. The summed E-state index contributed by atoms with van der Waals surface area (Å²) < 4.78 is 0. The topological polar surface area (TPSA) is 66.5 Å². The Bertz CT molecular complexity index is 293. The summed E-state index contributed by atoms with van der Waals surface area (Å²) in [5, 5.41) is 17.8. The summed E-state index contributed by atoms with van der Waals surface area (Å²) in [7, 11) is -1.42. The minimum atomic E-state index is -1.42. The van der Waals surface area contributed by atoms with Crippen LogP contribution in [0.3, 0.4) is 0 Å². The van der Waals surface area contributed by atoms with Crippen LogP contribution in [-0.2, 0) is 0 Å². The van der Waals surface area contributed by atoms with E-state index < -0.39 is 7.12 Å². The second-order valence-corrected chi connectivity index (χ2v) is 3.91. The van der Waals surface area contributed by atoms with Gasteiger partial charge in [0.25, 0.3) is 0 Å². The first-order valence-corrected chi connectivity index (χ1v) is 5.02. The van der Waals surface area contributed by atoms with E-state index in [9.17, 15) is 0 Å². The van der Waals surface area contributed by atoms with Gasteiger partial charge in [-0.05, 0) is 23.3 Å². The molecule has 0 aliphatic heterocycles. The normalized spacial score (nSPS) is 10.1. The number of rotatable bonds is 3. The van der Waals surface area contributed by atoms with Gasteiger partial charge in [-0.2, -0.15) is 0 Å². The van der Waals surface area contributed by atoms with Crippen LogP contribution in [0.2, 0.25) is 0 Å². The molecule has 0 heterocycles. The Morgan fingerprint density at radius 2 is 2.15 bits per heavy atom. The van der Waals surface area contributed by atoms with Crippen molar-refractivity contribution >= 4 is 30.0 Å². The van der Waals surface area contributed by atoms with Crippen LogP contribution in [0.5, 0.6) is 0 Å². The van der Waals surface area contributed by atoms with Crippen molar-refractivity contribution in [2.24, 2.45) is 0 Å². The number of hydrogen-bond acceptors (Lipinski definition) is 4. The first-order valence-electron chi connectivity index (χ1n) is 4.03. The van der Waals surface area contributed by atoms with E-state index in [1.54, 1.807) is 30.0 Å². The summed E-state index contributed by atoms with van der Waals surface area (Å²) in [5.74, 6) is 0.912. The minimum Gasteiger partial charge on any atom is -0.423 e. The summed E-state index contributed by atoms with van der Waals surface area (Å²) >= 11 is 1.59. The lowest BCUT2D eigenvalue weighted by atomic mass is 9.80. The third-order valence-corrected chi connectivity index (χ3v) is 2.59. The van der Waals surface area contributed by atoms with Crippen molar-refractivity contribution in [1.29, 1.82) is 0 Å². The summed E-state index contributed by atoms with van der Waals surface area (Å²) in [6.07, 6.45) is 0. The molecule has 0 amide bonds. The molecule has 1 rings (SSSR count). The second-order valence-electron chi connectivity index (χ2n) is 2.60. The average molecular weight is 197 g/mol. The zero-order valence-corrected chi connectivity index (χ0v) is 8.21. The van der Waals surface area contributed by atoms with Crippen LogP contribution in [0.25, 0.3) is 0 Å². The summed E-state index contributed by atoms with van der Waals surface area (Å²) in [4.78, 5) is 0.896. The molecule has 0 aliphatic rings. The Morgan fingerprint density at radius 1 is 1.46 bits per heavy atom. The molecule has 0 bridgehead atoms. The molecule has 13 heavy (non-hydrogen) atoms. The van der Waals surface area contributed by atoms with Crippen LogP contribution in [0, 0.1) is 0 Å². The SMILES string of the molecule is CCSc1cc(B(O)O)ccc1N. The largest absolute Gasteiger partial charge is 0.488 e. The van der Waals surface area contributed by atoms with Crippen molar-refractivity contribution in [2.45, 2.75) is 11.8 Å². The number of anilines is 1. The van der Waals surface area contributed by atoms with E-state index >= 15 is 0 Å². The molecule has 0 radical (unpaired) electrons. The summed E-state index contributed by atoms with van der Waals surface area (Å²) in [6.45, 7) is 2.02. The highest BCUT2D eigenvalue weighted by Gasteiger charge is 2.12. The number of hydrogen-bond donors (Lipinski definition) is 3. The van der Waals surface area contributed by atoms with Gasteiger partial charge < -0.3 is 15.8 Å². The van der Waals surface area contributed by atoms with Crippen molar-refractivity contribution < 1.29 is 10.0 Å². The van der Waals surface area contributed by atoms with E-state index in [0.717, 1.165) is 10.6 Å². The highest BCUT2D eigenvalue weighted by Crippen LogP contribution is 2.22. The Morgan fingerprint density at radius 3 is 2.69 bits per heavy atom. The van der Waals surface area contributed by atoms with Gasteiger partial charge in [0.15, 0.2) is 0 Å². The molecular formula is C8H12BNO2S.